The van der Waals surface area contributed by atoms with Crippen molar-refractivity contribution < 1.29 is 28.0 Å². The van der Waals surface area contributed by atoms with Crippen LogP contribution in [0.25, 0.3) is 0 Å². The Morgan fingerprint density at radius 2 is 0.735 bits per heavy atom. The molecule has 4 N–H and O–H groups in total. The molecule has 7 nitrogen and oxygen atoms in total. The van der Waals surface area contributed by atoms with Gasteiger partial charge in [0.1, 0.15) is 6.10 Å². The van der Waals surface area contributed by atoms with Crippen molar-refractivity contribution in [1.82, 2.24) is 5.32 Å². The van der Waals surface area contributed by atoms with E-state index < -0.39 is 40.0 Å². The van der Waals surface area contributed by atoms with E-state index in [0.29, 0.717) is 12.8 Å². The molecular weight excluding hydrogens is 635 g/mol. The Kier molecular flexibility index (Phi) is 35.2. The Bertz CT molecular complexity index is 808. The first-order valence-electron chi connectivity index (χ1n) is 21.3. The first-order chi connectivity index (χ1) is 23.7. The van der Waals surface area contributed by atoms with Crippen molar-refractivity contribution in [3.63, 3.8) is 0 Å². The highest BCUT2D eigenvalue weighted by atomic mass is 32.2. The summed E-state index contributed by atoms with van der Waals surface area (Å²) in [6.45, 7) is 4.50. The van der Waals surface area contributed by atoms with Crippen molar-refractivity contribution in [2.45, 2.75) is 250 Å². The fourth-order valence-corrected chi connectivity index (χ4v) is 7.63. The summed E-state index contributed by atoms with van der Waals surface area (Å²) in [6.07, 6.45) is 38.4. The van der Waals surface area contributed by atoms with Crippen molar-refractivity contribution >= 4 is 16.0 Å². The fourth-order valence-electron chi connectivity index (χ4n) is 6.87. The third-order valence-corrected chi connectivity index (χ3v) is 10.9. The predicted molar refractivity (Wildman–Crippen MR) is 209 cm³/mol. The van der Waals surface area contributed by atoms with Gasteiger partial charge in [0.2, 0.25) is 5.91 Å². The quantitative estimate of drug-likeness (QED) is 0.0371. The standard InChI is InChI=1S/C41H83NO6S/c1-3-5-7-9-11-13-15-16-17-18-19-20-21-22-23-24-26-27-29-31-33-35-39(43)38(37-49(46,47)48)42-41(45)40(44)36-34-32-30-28-25-14-12-10-8-6-4-2/h38-40,43-44H,3-37H2,1-2H3,(H,42,45)(H,46,47,48). The van der Waals surface area contributed by atoms with Crippen molar-refractivity contribution in [3.8, 4) is 0 Å². The summed E-state index contributed by atoms with van der Waals surface area (Å²) in [5.74, 6) is -1.44. The van der Waals surface area contributed by atoms with Crippen LogP contribution in [0.4, 0.5) is 0 Å². The molecule has 3 atom stereocenters. The second kappa shape index (κ2) is 35.7. The molecule has 0 aromatic rings. The number of carbonyl (C=O) groups excluding carboxylic acids is 1. The van der Waals surface area contributed by atoms with E-state index in [1.165, 1.54) is 154 Å². The number of hydrogen-bond acceptors (Lipinski definition) is 5. The molecule has 0 heterocycles. The normalized spacial score (nSPS) is 13.8. The molecule has 0 aliphatic carbocycles. The van der Waals surface area contributed by atoms with Crippen LogP contribution < -0.4 is 5.32 Å². The van der Waals surface area contributed by atoms with Gasteiger partial charge in [-0.05, 0) is 12.8 Å². The number of unbranched alkanes of at least 4 members (excludes halogenated alkanes) is 30. The van der Waals surface area contributed by atoms with Crippen LogP contribution >= 0.6 is 0 Å². The van der Waals surface area contributed by atoms with E-state index in [0.717, 1.165) is 51.4 Å². The Hall–Kier alpha value is -0.700. The summed E-state index contributed by atoms with van der Waals surface area (Å²) in [5.41, 5.74) is 0. The topological polar surface area (TPSA) is 124 Å². The molecule has 294 valence electrons. The summed E-state index contributed by atoms with van der Waals surface area (Å²) >= 11 is 0. The first kappa shape index (κ1) is 48.3. The number of hydrogen-bond donors (Lipinski definition) is 4. The number of rotatable bonds is 39. The first-order valence-corrected chi connectivity index (χ1v) is 22.9. The lowest BCUT2D eigenvalue weighted by Crippen LogP contribution is -2.50. The van der Waals surface area contributed by atoms with Gasteiger partial charge in [-0.1, -0.05) is 219 Å². The van der Waals surface area contributed by atoms with Gasteiger partial charge in [0.05, 0.1) is 17.9 Å². The van der Waals surface area contributed by atoms with Crippen molar-refractivity contribution in [2.75, 3.05) is 5.75 Å². The Balaban J connectivity index is 3.87. The molecule has 8 heteroatoms. The summed E-state index contributed by atoms with van der Waals surface area (Å²) in [6, 6.07) is -1.14. The number of nitrogens with one attached hydrogen (secondary N) is 1. The maximum Gasteiger partial charge on any atom is 0.266 e. The largest absolute Gasteiger partial charge is 0.391 e. The molecule has 3 unspecified atom stereocenters. The SMILES string of the molecule is CCCCCCCCCCCCCCCCCCCCCCCC(O)C(CS(=O)(=O)O)NC(=O)C(O)CCCCCCCCCCCCC. The van der Waals surface area contributed by atoms with Crippen molar-refractivity contribution in [3.05, 3.63) is 0 Å². The maximum absolute atomic E-state index is 12.6. The Morgan fingerprint density at radius 3 is 1.02 bits per heavy atom. The monoisotopic (exact) mass is 718 g/mol. The number of amides is 1. The van der Waals surface area contributed by atoms with Crippen molar-refractivity contribution in [2.24, 2.45) is 0 Å². The smallest absolute Gasteiger partial charge is 0.266 e. The highest BCUT2D eigenvalue weighted by molar-refractivity contribution is 7.85. The van der Waals surface area contributed by atoms with E-state index in [-0.39, 0.29) is 0 Å². The molecule has 0 aromatic carbocycles. The van der Waals surface area contributed by atoms with E-state index in [1.54, 1.807) is 0 Å². The minimum absolute atomic E-state index is 0.303. The summed E-state index contributed by atoms with van der Waals surface area (Å²) < 4.78 is 32.6. The van der Waals surface area contributed by atoms with Crippen LogP contribution in [-0.2, 0) is 14.9 Å². The molecule has 1 amide bonds. The number of aliphatic hydroxyl groups excluding tert-OH is 2. The fraction of sp³-hybridized carbons (Fsp3) is 0.976. The summed E-state index contributed by atoms with van der Waals surface area (Å²) in [7, 11) is -4.40. The lowest BCUT2D eigenvalue weighted by atomic mass is 10.0. The van der Waals surface area contributed by atoms with Gasteiger partial charge in [-0.2, -0.15) is 8.42 Å². The van der Waals surface area contributed by atoms with Gasteiger partial charge in [-0.25, -0.2) is 0 Å². The van der Waals surface area contributed by atoms with Crippen LogP contribution in [0.3, 0.4) is 0 Å². The van der Waals surface area contributed by atoms with Gasteiger partial charge in [0, 0.05) is 0 Å². The minimum Gasteiger partial charge on any atom is -0.391 e. The molecule has 0 aliphatic heterocycles. The molecule has 0 aliphatic rings. The van der Waals surface area contributed by atoms with Crippen LogP contribution in [-0.4, -0.2) is 53.1 Å². The number of aliphatic hydroxyl groups is 2. The van der Waals surface area contributed by atoms with Crippen LogP contribution in [0.2, 0.25) is 0 Å². The molecule has 0 aromatic heterocycles. The van der Waals surface area contributed by atoms with Crippen LogP contribution in [0, 0.1) is 0 Å². The highest BCUT2D eigenvalue weighted by Gasteiger charge is 2.28. The minimum atomic E-state index is -4.40. The molecule has 0 rings (SSSR count). The van der Waals surface area contributed by atoms with Gasteiger partial charge in [0.15, 0.2) is 0 Å². The zero-order valence-electron chi connectivity index (χ0n) is 32.5. The zero-order valence-corrected chi connectivity index (χ0v) is 33.3. The Labute approximate surface area is 304 Å². The molecule has 49 heavy (non-hydrogen) atoms. The Morgan fingerprint density at radius 1 is 0.469 bits per heavy atom. The van der Waals surface area contributed by atoms with Crippen molar-refractivity contribution in [1.29, 1.82) is 0 Å². The summed E-state index contributed by atoms with van der Waals surface area (Å²) in [5, 5.41) is 23.5. The molecule has 0 fully saturated rings. The zero-order chi connectivity index (χ0) is 36.3. The van der Waals surface area contributed by atoms with Gasteiger partial charge in [-0.3, -0.25) is 9.35 Å². The average molecular weight is 718 g/mol. The van der Waals surface area contributed by atoms with E-state index >= 15 is 0 Å². The summed E-state index contributed by atoms with van der Waals surface area (Å²) in [4.78, 5) is 12.6. The third kappa shape index (κ3) is 35.5. The second-order valence-electron chi connectivity index (χ2n) is 15.1. The molecule has 0 saturated heterocycles. The molecule has 0 spiro atoms. The van der Waals surface area contributed by atoms with Gasteiger partial charge in [0.25, 0.3) is 10.1 Å². The van der Waals surface area contributed by atoms with Crippen LogP contribution in [0.15, 0.2) is 0 Å². The lowest BCUT2D eigenvalue weighted by Gasteiger charge is -2.24. The van der Waals surface area contributed by atoms with E-state index in [1.807, 2.05) is 0 Å². The average Bonchev–Trinajstić information content (AvgIpc) is 3.06. The van der Waals surface area contributed by atoms with Gasteiger partial charge >= 0.3 is 0 Å². The van der Waals surface area contributed by atoms with Crippen LogP contribution in [0.5, 0.6) is 0 Å². The van der Waals surface area contributed by atoms with Gasteiger partial charge < -0.3 is 15.5 Å². The maximum atomic E-state index is 12.6. The number of carbonyl (C=O) groups is 1. The molecule has 0 bridgehead atoms. The molecular formula is C41H83NO6S. The highest BCUT2D eigenvalue weighted by Crippen LogP contribution is 2.17. The van der Waals surface area contributed by atoms with E-state index in [2.05, 4.69) is 19.2 Å². The van der Waals surface area contributed by atoms with E-state index in [4.69, 9.17) is 0 Å². The molecule has 0 radical (unpaired) electrons. The van der Waals surface area contributed by atoms with Gasteiger partial charge in [-0.15, -0.1) is 0 Å². The third-order valence-electron chi connectivity index (χ3n) is 10.2. The predicted octanol–water partition coefficient (Wildman–Crippen LogP) is 11.4. The lowest BCUT2D eigenvalue weighted by molar-refractivity contribution is -0.131. The molecule has 0 saturated carbocycles. The second-order valence-corrected chi connectivity index (χ2v) is 16.6. The van der Waals surface area contributed by atoms with E-state index in [9.17, 15) is 28.0 Å². The van der Waals surface area contributed by atoms with Crippen LogP contribution in [0.1, 0.15) is 232 Å².